The first-order valence-corrected chi connectivity index (χ1v) is 5.79. The average Bonchev–Trinajstić information content (AvgIpc) is 2.74. The molecule has 0 atom stereocenters. The van der Waals surface area contributed by atoms with Crippen molar-refractivity contribution in [1.82, 2.24) is 10.2 Å². The van der Waals surface area contributed by atoms with Gasteiger partial charge in [0, 0.05) is 7.05 Å². The Morgan fingerprint density at radius 3 is 2.94 bits per heavy atom. The molecule has 1 aromatic carbocycles. The van der Waals surface area contributed by atoms with Crippen LogP contribution in [0, 0.1) is 6.92 Å². The van der Waals surface area contributed by atoms with Crippen LogP contribution in [0.25, 0.3) is 0 Å². The summed E-state index contributed by atoms with van der Waals surface area (Å²) in [4.78, 5) is 0. The van der Waals surface area contributed by atoms with Crippen LogP contribution in [0.3, 0.4) is 0 Å². The predicted molar refractivity (Wildman–Crippen MR) is 65.0 cm³/mol. The molecule has 0 aliphatic heterocycles. The van der Waals surface area contributed by atoms with Crippen LogP contribution in [0.15, 0.2) is 24.3 Å². The number of aromatic nitrogens is 2. The van der Waals surface area contributed by atoms with Crippen LogP contribution < -0.4 is 10.1 Å². The van der Waals surface area contributed by atoms with Gasteiger partial charge in [-0.15, -0.1) is 10.2 Å². The van der Waals surface area contributed by atoms with Crippen molar-refractivity contribution in [2.24, 2.45) is 0 Å². The lowest BCUT2D eigenvalue weighted by Gasteiger charge is -2.03. The van der Waals surface area contributed by atoms with Gasteiger partial charge in [0.05, 0.1) is 0 Å². The fourth-order valence-electron chi connectivity index (χ4n) is 1.26. The molecule has 0 unspecified atom stereocenters. The summed E-state index contributed by atoms with van der Waals surface area (Å²) in [7, 11) is 1.83. The highest BCUT2D eigenvalue weighted by Crippen LogP contribution is 2.18. The van der Waals surface area contributed by atoms with Gasteiger partial charge in [0.1, 0.15) is 12.4 Å². The topological polar surface area (TPSA) is 47.0 Å². The number of anilines is 1. The molecular formula is C11H13N3OS. The van der Waals surface area contributed by atoms with Gasteiger partial charge in [0.15, 0.2) is 5.01 Å². The molecule has 5 heteroatoms. The number of ether oxygens (including phenoxy) is 1. The number of benzene rings is 1. The Hall–Kier alpha value is -1.62. The second-order valence-electron chi connectivity index (χ2n) is 3.36. The molecule has 0 aliphatic rings. The number of hydrogen-bond acceptors (Lipinski definition) is 5. The number of aryl methyl sites for hydroxylation is 1. The lowest BCUT2D eigenvalue weighted by molar-refractivity contribution is 0.304. The van der Waals surface area contributed by atoms with Crippen molar-refractivity contribution in [3.8, 4) is 5.75 Å². The lowest BCUT2D eigenvalue weighted by atomic mass is 10.2. The summed E-state index contributed by atoms with van der Waals surface area (Å²) in [6, 6.07) is 7.95. The molecule has 0 spiro atoms. The van der Waals surface area contributed by atoms with Crippen molar-refractivity contribution in [1.29, 1.82) is 0 Å². The van der Waals surface area contributed by atoms with E-state index in [9.17, 15) is 0 Å². The highest BCUT2D eigenvalue weighted by molar-refractivity contribution is 7.15. The van der Waals surface area contributed by atoms with Gasteiger partial charge in [0.25, 0.3) is 0 Å². The van der Waals surface area contributed by atoms with E-state index in [0.29, 0.717) is 6.61 Å². The SMILES string of the molecule is CNc1nnc(COc2cccc(C)c2)s1. The van der Waals surface area contributed by atoms with Gasteiger partial charge < -0.3 is 10.1 Å². The van der Waals surface area contributed by atoms with E-state index in [0.717, 1.165) is 15.9 Å². The Morgan fingerprint density at radius 2 is 2.25 bits per heavy atom. The summed E-state index contributed by atoms with van der Waals surface area (Å²) in [5.41, 5.74) is 1.19. The molecule has 0 saturated carbocycles. The van der Waals surface area contributed by atoms with Crippen molar-refractivity contribution >= 4 is 16.5 Å². The van der Waals surface area contributed by atoms with Crippen LogP contribution in [0.4, 0.5) is 5.13 Å². The van der Waals surface area contributed by atoms with Crippen LogP contribution >= 0.6 is 11.3 Å². The third-order valence-electron chi connectivity index (χ3n) is 2.03. The van der Waals surface area contributed by atoms with Crippen molar-refractivity contribution in [3.63, 3.8) is 0 Å². The fourth-order valence-corrected chi connectivity index (χ4v) is 1.87. The highest BCUT2D eigenvalue weighted by atomic mass is 32.1. The molecule has 4 nitrogen and oxygen atoms in total. The molecule has 1 heterocycles. The monoisotopic (exact) mass is 235 g/mol. The third kappa shape index (κ3) is 2.70. The Labute approximate surface area is 98.3 Å². The zero-order valence-corrected chi connectivity index (χ0v) is 10.0. The Kier molecular flexibility index (Phi) is 3.36. The van der Waals surface area contributed by atoms with Gasteiger partial charge in [-0.1, -0.05) is 23.5 Å². The molecule has 0 aliphatic carbocycles. The minimum Gasteiger partial charge on any atom is -0.486 e. The van der Waals surface area contributed by atoms with Gasteiger partial charge in [-0.2, -0.15) is 0 Å². The highest BCUT2D eigenvalue weighted by Gasteiger charge is 2.03. The summed E-state index contributed by atoms with van der Waals surface area (Å²) in [6.07, 6.45) is 0. The first-order chi connectivity index (χ1) is 7.78. The van der Waals surface area contributed by atoms with E-state index in [2.05, 4.69) is 15.5 Å². The van der Waals surface area contributed by atoms with Crippen LogP contribution in [0.2, 0.25) is 0 Å². The Balaban J connectivity index is 1.96. The average molecular weight is 235 g/mol. The van der Waals surface area contributed by atoms with Crippen LogP contribution in [0.1, 0.15) is 10.6 Å². The quantitative estimate of drug-likeness (QED) is 0.884. The molecule has 1 N–H and O–H groups in total. The van der Waals surface area contributed by atoms with Crippen LogP contribution in [-0.2, 0) is 6.61 Å². The first-order valence-electron chi connectivity index (χ1n) is 4.97. The molecule has 2 rings (SSSR count). The molecule has 84 valence electrons. The van der Waals surface area contributed by atoms with E-state index in [-0.39, 0.29) is 0 Å². The predicted octanol–water partition coefficient (Wildman–Crippen LogP) is 2.47. The van der Waals surface area contributed by atoms with E-state index < -0.39 is 0 Å². The second kappa shape index (κ2) is 4.94. The maximum Gasteiger partial charge on any atom is 0.205 e. The molecule has 0 fully saturated rings. The van der Waals surface area contributed by atoms with Crippen molar-refractivity contribution < 1.29 is 4.74 Å². The summed E-state index contributed by atoms with van der Waals surface area (Å²) in [6.45, 7) is 2.50. The summed E-state index contributed by atoms with van der Waals surface area (Å²) < 4.78 is 5.61. The molecule has 2 aromatic rings. The molecule has 1 aromatic heterocycles. The zero-order valence-electron chi connectivity index (χ0n) is 9.23. The number of nitrogens with one attached hydrogen (secondary N) is 1. The first kappa shape index (κ1) is 10.9. The van der Waals surface area contributed by atoms with E-state index >= 15 is 0 Å². The van der Waals surface area contributed by atoms with Crippen LogP contribution in [0.5, 0.6) is 5.75 Å². The Morgan fingerprint density at radius 1 is 1.38 bits per heavy atom. The minimum absolute atomic E-state index is 0.461. The number of rotatable bonds is 4. The number of hydrogen-bond donors (Lipinski definition) is 1. The van der Waals surface area contributed by atoms with E-state index in [1.165, 1.54) is 16.9 Å². The van der Waals surface area contributed by atoms with E-state index in [1.54, 1.807) is 0 Å². The van der Waals surface area contributed by atoms with Gasteiger partial charge in [-0.25, -0.2) is 0 Å². The summed E-state index contributed by atoms with van der Waals surface area (Å²) in [5.74, 6) is 0.862. The smallest absolute Gasteiger partial charge is 0.205 e. The molecule has 0 amide bonds. The fraction of sp³-hybridized carbons (Fsp3) is 0.273. The zero-order chi connectivity index (χ0) is 11.4. The summed E-state index contributed by atoms with van der Waals surface area (Å²) in [5, 5.41) is 12.6. The van der Waals surface area contributed by atoms with Gasteiger partial charge in [0.2, 0.25) is 5.13 Å². The van der Waals surface area contributed by atoms with E-state index in [4.69, 9.17) is 4.74 Å². The lowest BCUT2D eigenvalue weighted by Crippen LogP contribution is -1.94. The van der Waals surface area contributed by atoms with Crippen molar-refractivity contribution in [3.05, 3.63) is 34.8 Å². The standard InChI is InChI=1S/C11H13N3OS/c1-8-4-3-5-9(6-8)15-7-10-13-14-11(12-2)16-10/h3-6H,7H2,1-2H3,(H,12,14). The summed E-state index contributed by atoms with van der Waals surface area (Å²) >= 11 is 1.50. The van der Waals surface area contributed by atoms with Crippen molar-refractivity contribution in [2.75, 3.05) is 12.4 Å². The van der Waals surface area contributed by atoms with E-state index in [1.807, 2.05) is 38.2 Å². The molecule has 0 bridgehead atoms. The largest absolute Gasteiger partial charge is 0.486 e. The maximum atomic E-state index is 5.61. The molecule has 0 radical (unpaired) electrons. The van der Waals surface area contributed by atoms with Gasteiger partial charge >= 0.3 is 0 Å². The Bertz CT molecular complexity index is 470. The van der Waals surface area contributed by atoms with Gasteiger partial charge in [-0.3, -0.25) is 0 Å². The van der Waals surface area contributed by atoms with Crippen LogP contribution in [-0.4, -0.2) is 17.2 Å². The number of nitrogens with zero attached hydrogens (tertiary/aromatic N) is 2. The molecular weight excluding hydrogens is 222 g/mol. The normalized spacial score (nSPS) is 10.1. The van der Waals surface area contributed by atoms with Gasteiger partial charge in [-0.05, 0) is 24.6 Å². The molecule has 16 heavy (non-hydrogen) atoms. The van der Waals surface area contributed by atoms with Crippen molar-refractivity contribution in [2.45, 2.75) is 13.5 Å². The second-order valence-corrected chi connectivity index (χ2v) is 4.42. The molecule has 0 saturated heterocycles. The third-order valence-corrected chi connectivity index (χ3v) is 2.95. The minimum atomic E-state index is 0.461. The maximum absolute atomic E-state index is 5.61.